The molecule has 4 heteroatoms. The zero-order valence-electron chi connectivity index (χ0n) is 9.19. The first kappa shape index (κ1) is 12.7. The molecule has 0 bridgehead atoms. The second-order valence-corrected chi connectivity index (χ2v) is 3.70. The molecule has 1 atom stereocenters. The van der Waals surface area contributed by atoms with Crippen LogP contribution in [0.3, 0.4) is 0 Å². The van der Waals surface area contributed by atoms with Crippen LogP contribution in [0.5, 0.6) is 0 Å². The smallest absolute Gasteiger partial charge is 0.0991 e. The van der Waals surface area contributed by atoms with E-state index in [4.69, 9.17) is 16.1 Å². The van der Waals surface area contributed by atoms with E-state index in [1.54, 1.807) is 12.1 Å². The van der Waals surface area contributed by atoms with Crippen LogP contribution in [0.4, 0.5) is 0 Å². The first-order chi connectivity index (χ1) is 7.76. The van der Waals surface area contributed by atoms with Crippen LogP contribution in [0.2, 0.25) is 0 Å². The largest absolute Gasteiger partial charge is 0.395 e. The Morgan fingerprint density at radius 2 is 2.06 bits per heavy atom. The molecule has 1 aromatic rings. The zero-order chi connectivity index (χ0) is 11.8. The maximum absolute atomic E-state index is 8.65. The molecule has 0 saturated heterocycles. The van der Waals surface area contributed by atoms with Gasteiger partial charge in [0.15, 0.2) is 0 Å². The first-order valence-electron chi connectivity index (χ1n) is 5.32. The first-order valence-corrected chi connectivity index (χ1v) is 5.32. The Labute approximate surface area is 95.7 Å². The minimum Gasteiger partial charge on any atom is -0.395 e. The number of hydrogen-bond acceptors (Lipinski definition) is 4. The number of aliphatic hydroxyl groups is 1. The van der Waals surface area contributed by atoms with Gasteiger partial charge in [0.2, 0.25) is 0 Å². The molecule has 0 aliphatic heterocycles. The Morgan fingerprint density at radius 1 is 1.38 bits per heavy atom. The van der Waals surface area contributed by atoms with Crippen LogP contribution in [0.1, 0.15) is 11.1 Å². The van der Waals surface area contributed by atoms with Gasteiger partial charge in [-0.3, -0.25) is 0 Å². The summed E-state index contributed by atoms with van der Waals surface area (Å²) in [7, 11) is 0. The highest BCUT2D eigenvalue weighted by molar-refractivity contribution is 5.31. The van der Waals surface area contributed by atoms with Gasteiger partial charge in [0.25, 0.3) is 0 Å². The normalized spacial score (nSPS) is 12.1. The standard InChI is InChI=1S/C12H17N3O/c13-8-11-3-1-10(2-4-11)7-12(14)9-15-5-6-16/h1-4,12,15-16H,5-7,9,14H2/t12-/m1/s1. The molecule has 0 saturated carbocycles. The van der Waals surface area contributed by atoms with Gasteiger partial charge in [0.05, 0.1) is 18.2 Å². The van der Waals surface area contributed by atoms with Crippen LogP contribution in [-0.2, 0) is 6.42 Å². The lowest BCUT2D eigenvalue weighted by Gasteiger charge is -2.12. The third-order valence-electron chi connectivity index (χ3n) is 2.28. The third kappa shape index (κ3) is 4.41. The maximum atomic E-state index is 8.65. The van der Waals surface area contributed by atoms with Gasteiger partial charge in [-0.15, -0.1) is 0 Å². The summed E-state index contributed by atoms with van der Waals surface area (Å²) in [4.78, 5) is 0. The van der Waals surface area contributed by atoms with Crippen LogP contribution >= 0.6 is 0 Å². The van der Waals surface area contributed by atoms with Crippen molar-refractivity contribution in [3.63, 3.8) is 0 Å². The van der Waals surface area contributed by atoms with E-state index in [-0.39, 0.29) is 12.6 Å². The number of aliphatic hydroxyl groups excluding tert-OH is 1. The molecule has 0 spiro atoms. The summed E-state index contributed by atoms with van der Waals surface area (Å²) in [5.41, 5.74) is 7.69. The fourth-order valence-corrected chi connectivity index (χ4v) is 1.46. The topological polar surface area (TPSA) is 82.1 Å². The molecule has 4 nitrogen and oxygen atoms in total. The van der Waals surface area contributed by atoms with E-state index in [0.29, 0.717) is 18.7 Å². The summed E-state index contributed by atoms with van der Waals surface area (Å²) < 4.78 is 0. The number of nitrogens with zero attached hydrogens (tertiary/aromatic N) is 1. The molecular formula is C12H17N3O. The van der Waals surface area contributed by atoms with Crippen LogP contribution in [-0.4, -0.2) is 30.8 Å². The monoisotopic (exact) mass is 219 g/mol. The average molecular weight is 219 g/mol. The molecule has 16 heavy (non-hydrogen) atoms. The van der Waals surface area contributed by atoms with E-state index in [1.165, 1.54) is 0 Å². The molecule has 0 aliphatic rings. The van der Waals surface area contributed by atoms with Gasteiger partial charge in [-0.1, -0.05) is 12.1 Å². The molecular weight excluding hydrogens is 202 g/mol. The van der Waals surface area contributed by atoms with E-state index in [0.717, 1.165) is 12.0 Å². The van der Waals surface area contributed by atoms with Crippen molar-refractivity contribution >= 4 is 0 Å². The molecule has 0 heterocycles. The van der Waals surface area contributed by atoms with Gasteiger partial charge >= 0.3 is 0 Å². The van der Waals surface area contributed by atoms with Crippen molar-refractivity contribution in [2.45, 2.75) is 12.5 Å². The molecule has 4 N–H and O–H groups in total. The molecule has 86 valence electrons. The highest BCUT2D eigenvalue weighted by Gasteiger charge is 2.03. The number of rotatable bonds is 6. The molecule has 0 unspecified atom stereocenters. The van der Waals surface area contributed by atoms with Crippen LogP contribution in [0, 0.1) is 11.3 Å². The number of benzene rings is 1. The highest BCUT2D eigenvalue weighted by Crippen LogP contribution is 2.05. The summed E-state index contributed by atoms with van der Waals surface area (Å²) in [5, 5.41) is 20.3. The lowest BCUT2D eigenvalue weighted by Crippen LogP contribution is -2.36. The van der Waals surface area contributed by atoms with Gasteiger partial charge in [-0.2, -0.15) is 5.26 Å². The lowest BCUT2D eigenvalue weighted by molar-refractivity contribution is 0.291. The minimum absolute atomic E-state index is 0.0273. The van der Waals surface area contributed by atoms with E-state index < -0.39 is 0 Å². The van der Waals surface area contributed by atoms with Gasteiger partial charge in [0.1, 0.15) is 0 Å². The average Bonchev–Trinajstić information content (AvgIpc) is 2.30. The fraction of sp³-hybridized carbons (Fsp3) is 0.417. The number of nitriles is 1. The predicted octanol–water partition coefficient (Wildman–Crippen LogP) is 0.00998. The molecule has 1 aromatic carbocycles. The van der Waals surface area contributed by atoms with E-state index in [1.807, 2.05) is 12.1 Å². The Hall–Kier alpha value is -1.41. The van der Waals surface area contributed by atoms with Crippen molar-refractivity contribution in [2.24, 2.45) is 5.73 Å². The summed E-state index contributed by atoms with van der Waals surface area (Å²) in [6, 6.07) is 9.54. The van der Waals surface area contributed by atoms with Gasteiger partial charge in [-0.05, 0) is 24.1 Å². The minimum atomic E-state index is 0.0273. The van der Waals surface area contributed by atoms with Gasteiger partial charge in [0, 0.05) is 19.1 Å². The second kappa shape index (κ2) is 6.96. The summed E-state index contributed by atoms with van der Waals surface area (Å²) in [6.45, 7) is 1.38. The molecule has 0 fully saturated rings. The molecule has 0 amide bonds. The Morgan fingerprint density at radius 3 is 2.62 bits per heavy atom. The predicted molar refractivity (Wildman–Crippen MR) is 62.8 cm³/mol. The van der Waals surface area contributed by atoms with Gasteiger partial charge in [-0.25, -0.2) is 0 Å². The summed E-state index contributed by atoms with van der Waals surface area (Å²) >= 11 is 0. The molecule has 0 radical (unpaired) electrons. The quantitative estimate of drug-likeness (QED) is 0.589. The van der Waals surface area contributed by atoms with Crippen molar-refractivity contribution in [1.29, 1.82) is 5.26 Å². The van der Waals surface area contributed by atoms with Crippen LogP contribution < -0.4 is 11.1 Å². The third-order valence-corrected chi connectivity index (χ3v) is 2.28. The van der Waals surface area contributed by atoms with Crippen LogP contribution in [0.25, 0.3) is 0 Å². The number of hydrogen-bond donors (Lipinski definition) is 3. The Kier molecular flexibility index (Phi) is 5.51. The highest BCUT2D eigenvalue weighted by atomic mass is 16.3. The SMILES string of the molecule is N#Cc1ccc(C[C@@H](N)CNCCO)cc1. The van der Waals surface area contributed by atoms with Crippen LogP contribution in [0.15, 0.2) is 24.3 Å². The van der Waals surface area contributed by atoms with E-state index >= 15 is 0 Å². The van der Waals surface area contributed by atoms with E-state index in [9.17, 15) is 0 Å². The summed E-state index contributed by atoms with van der Waals surface area (Å²) in [6.07, 6.45) is 0.768. The van der Waals surface area contributed by atoms with Crippen molar-refractivity contribution in [3.8, 4) is 6.07 Å². The Balaban J connectivity index is 2.38. The lowest BCUT2D eigenvalue weighted by atomic mass is 10.1. The van der Waals surface area contributed by atoms with Gasteiger partial charge < -0.3 is 16.2 Å². The van der Waals surface area contributed by atoms with Crippen molar-refractivity contribution in [2.75, 3.05) is 19.7 Å². The van der Waals surface area contributed by atoms with Crippen molar-refractivity contribution in [1.82, 2.24) is 5.32 Å². The van der Waals surface area contributed by atoms with Crippen molar-refractivity contribution < 1.29 is 5.11 Å². The summed E-state index contributed by atoms with van der Waals surface area (Å²) in [5.74, 6) is 0. The molecule has 0 aliphatic carbocycles. The zero-order valence-corrected chi connectivity index (χ0v) is 9.19. The number of nitrogens with two attached hydrogens (primary N) is 1. The molecule has 0 aromatic heterocycles. The second-order valence-electron chi connectivity index (χ2n) is 3.70. The number of nitrogens with one attached hydrogen (secondary N) is 1. The maximum Gasteiger partial charge on any atom is 0.0991 e. The fourth-order valence-electron chi connectivity index (χ4n) is 1.46. The van der Waals surface area contributed by atoms with E-state index in [2.05, 4.69) is 11.4 Å². The molecule has 1 rings (SSSR count). The Bertz CT molecular complexity index is 342. The van der Waals surface area contributed by atoms with Crippen molar-refractivity contribution in [3.05, 3.63) is 35.4 Å².